The van der Waals surface area contributed by atoms with Crippen molar-refractivity contribution >= 4 is 5.97 Å². The molecule has 0 aliphatic carbocycles. The monoisotopic (exact) mass is 290 g/mol. The molecular weight excluding hydrogens is 271 g/mol. The fraction of sp³-hybridized carbons (Fsp3) is 0.375. The minimum absolute atomic E-state index is 0.224. The van der Waals surface area contributed by atoms with Crippen LogP contribution in [0.5, 0.6) is 0 Å². The van der Waals surface area contributed by atoms with Crippen LogP contribution in [-0.2, 0) is 12.8 Å². The molecule has 1 N–H and O–H groups in total. The smallest absolute Gasteiger partial charge is 0.339 e. The number of halogens is 1. The third-order valence-electron chi connectivity index (χ3n) is 3.32. The van der Waals surface area contributed by atoms with Crippen LogP contribution < -0.4 is 0 Å². The molecule has 0 radical (unpaired) electrons. The van der Waals surface area contributed by atoms with E-state index in [-0.39, 0.29) is 5.56 Å². The summed E-state index contributed by atoms with van der Waals surface area (Å²) in [6.45, 7) is 3.93. The molecule has 2 aromatic rings. The molecule has 0 saturated carbocycles. The molecule has 1 aromatic heterocycles. The number of hydrogen-bond acceptors (Lipinski definition) is 2. The second-order valence-electron chi connectivity index (χ2n) is 4.94. The Kier molecular flexibility index (Phi) is 4.73. The van der Waals surface area contributed by atoms with Gasteiger partial charge in [-0.05, 0) is 25.0 Å². The van der Waals surface area contributed by atoms with Crippen molar-refractivity contribution in [3.63, 3.8) is 0 Å². The van der Waals surface area contributed by atoms with E-state index in [4.69, 9.17) is 0 Å². The molecule has 0 fully saturated rings. The zero-order valence-corrected chi connectivity index (χ0v) is 12.3. The summed E-state index contributed by atoms with van der Waals surface area (Å²) in [6.07, 6.45) is 2.68. The van der Waals surface area contributed by atoms with E-state index in [1.54, 1.807) is 18.2 Å². The van der Waals surface area contributed by atoms with Gasteiger partial charge in [-0.2, -0.15) is 5.10 Å². The molecule has 21 heavy (non-hydrogen) atoms. The quantitative estimate of drug-likeness (QED) is 0.884. The number of aromatic carboxylic acids is 1. The lowest BCUT2D eigenvalue weighted by molar-refractivity contribution is 0.0694. The van der Waals surface area contributed by atoms with Crippen molar-refractivity contribution in [2.24, 2.45) is 0 Å². The Bertz CT molecular complexity index is 650. The predicted octanol–water partition coefficient (Wildman–Crippen LogP) is 3.61. The number of hydrogen-bond donors (Lipinski definition) is 1. The zero-order chi connectivity index (χ0) is 15.4. The van der Waals surface area contributed by atoms with Gasteiger partial charge >= 0.3 is 5.97 Å². The first-order chi connectivity index (χ1) is 10.1. The van der Waals surface area contributed by atoms with E-state index >= 15 is 0 Å². The van der Waals surface area contributed by atoms with E-state index < -0.39 is 11.8 Å². The van der Waals surface area contributed by atoms with Crippen LogP contribution in [-0.4, -0.2) is 20.9 Å². The van der Waals surface area contributed by atoms with Crippen LogP contribution in [0.4, 0.5) is 4.39 Å². The molecule has 0 aliphatic rings. The molecule has 0 unspecified atom stereocenters. The van der Waals surface area contributed by atoms with Crippen LogP contribution in [0.25, 0.3) is 5.69 Å². The summed E-state index contributed by atoms with van der Waals surface area (Å²) in [5.41, 5.74) is 1.61. The zero-order valence-electron chi connectivity index (χ0n) is 12.3. The molecule has 0 bridgehead atoms. The summed E-state index contributed by atoms with van der Waals surface area (Å²) in [7, 11) is 0. The van der Waals surface area contributed by atoms with Gasteiger partial charge < -0.3 is 5.11 Å². The average Bonchev–Trinajstić information content (AvgIpc) is 2.79. The van der Waals surface area contributed by atoms with Crippen LogP contribution in [0.1, 0.15) is 48.4 Å². The first kappa shape index (κ1) is 15.2. The number of nitrogens with zero attached hydrogens (tertiary/aromatic N) is 2. The highest BCUT2D eigenvalue weighted by Gasteiger charge is 2.23. The van der Waals surface area contributed by atoms with Crippen molar-refractivity contribution in [2.75, 3.05) is 0 Å². The van der Waals surface area contributed by atoms with E-state index in [1.165, 1.54) is 10.7 Å². The van der Waals surface area contributed by atoms with Crippen molar-refractivity contribution < 1.29 is 14.3 Å². The Labute approximate surface area is 123 Å². The standard InChI is InChI=1S/C16H19FN2O2/c1-3-7-12-15(16(20)21)14(8-4-2)19(18-12)13-10-6-5-9-11(13)17/h5-6,9-10H,3-4,7-8H2,1-2H3,(H,20,21). The lowest BCUT2D eigenvalue weighted by atomic mass is 10.1. The van der Waals surface area contributed by atoms with Gasteiger partial charge in [0, 0.05) is 0 Å². The minimum atomic E-state index is -0.996. The Hall–Kier alpha value is -2.17. The third-order valence-corrected chi connectivity index (χ3v) is 3.32. The predicted molar refractivity (Wildman–Crippen MR) is 78.5 cm³/mol. The highest BCUT2D eigenvalue weighted by molar-refractivity contribution is 5.90. The van der Waals surface area contributed by atoms with Crippen LogP contribution >= 0.6 is 0 Å². The first-order valence-corrected chi connectivity index (χ1v) is 7.19. The van der Waals surface area contributed by atoms with Gasteiger partial charge in [0.05, 0.1) is 11.4 Å². The number of para-hydroxylation sites is 1. The number of carbonyl (C=O) groups is 1. The fourth-order valence-electron chi connectivity index (χ4n) is 2.45. The second-order valence-corrected chi connectivity index (χ2v) is 4.94. The number of carboxylic acid groups (broad SMARTS) is 1. The summed E-state index contributed by atoms with van der Waals surface area (Å²) < 4.78 is 15.5. The van der Waals surface area contributed by atoms with Crippen LogP contribution in [0.15, 0.2) is 24.3 Å². The Morgan fingerprint density at radius 2 is 1.90 bits per heavy atom. The number of rotatable bonds is 6. The fourth-order valence-corrected chi connectivity index (χ4v) is 2.45. The Morgan fingerprint density at radius 1 is 1.24 bits per heavy atom. The molecule has 0 spiro atoms. The molecule has 2 rings (SSSR count). The summed E-state index contributed by atoms with van der Waals surface area (Å²) in [4.78, 5) is 11.6. The molecule has 1 heterocycles. The molecule has 0 aliphatic heterocycles. The van der Waals surface area contributed by atoms with Gasteiger partial charge in [0.25, 0.3) is 0 Å². The van der Waals surface area contributed by atoms with Crippen molar-refractivity contribution in [3.8, 4) is 5.69 Å². The summed E-state index contributed by atoms with van der Waals surface area (Å²) in [5, 5.41) is 13.8. The first-order valence-electron chi connectivity index (χ1n) is 7.19. The summed E-state index contributed by atoms with van der Waals surface area (Å²) >= 11 is 0. The maximum absolute atomic E-state index is 14.0. The SMILES string of the molecule is CCCc1nn(-c2ccccc2F)c(CCC)c1C(=O)O. The van der Waals surface area contributed by atoms with Gasteiger partial charge in [-0.15, -0.1) is 0 Å². The normalized spacial score (nSPS) is 10.8. The van der Waals surface area contributed by atoms with Crippen molar-refractivity contribution in [3.05, 3.63) is 47.0 Å². The lowest BCUT2D eigenvalue weighted by Crippen LogP contribution is -2.08. The van der Waals surface area contributed by atoms with E-state index in [1.807, 2.05) is 13.8 Å². The summed E-state index contributed by atoms with van der Waals surface area (Å²) in [5.74, 6) is -1.40. The maximum Gasteiger partial charge on any atom is 0.339 e. The molecule has 0 atom stereocenters. The number of aryl methyl sites for hydroxylation is 1. The average molecular weight is 290 g/mol. The molecule has 1 aromatic carbocycles. The van der Waals surface area contributed by atoms with Crippen molar-refractivity contribution in [1.82, 2.24) is 9.78 Å². The van der Waals surface area contributed by atoms with E-state index in [0.29, 0.717) is 29.9 Å². The Balaban J connectivity index is 2.67. The molecule has 5 heteroatoms. The van der Waals surface area contributed by atoms with Gasteiger partial charge in [-0.25, -0.2) is 13.9 Å². The van der Waals surface area contributed by atoms with Gasteiger partial charge in [-0.3, -0.25) is 0 Å². The van der Waals surface area contributed by atoms with Gasteiger partial charge in [0.2, 0.25) is 0 Å². The van der Waals surface area contributed by atoms with Crippen LogP contribution in [0, 0.1) is 5.82 Å². The van der Waals surface area contributed by atoms with Gasteiger partial charge in [0.1, 0.15) is 17.1 Å². The molecule has 0 amide bonds. The van der Waals surface area contributed by atoms with E-state index in [2.05, 4.69) is 5.10 Å². The number of carboxylic acids is 1. The second kappa shape index (κ2) is 6.52. The highest BCUT2D eigenvalue weighted by atomic mass is 19.1. The van der Waals surface area contributed by atoms with E-state index in [9.17, 15) is 14.3 Å². The van der Waals surface area contributed by atoms with Crippen molar-refractivity contribution in [1.29, 1.82) is 0 Å². The van der Waals surface area contributed by atoms with Crippen LogP contribution in [0.3, 0.4) is 0 Å². The third kappa shape index (κ3) is 2.96. The molecular formula is C16H19FN2O2. The lowest BCUT2D eigenvalue weighted by Gasteiger charge is -2.08. The topological polar surface area (TPSA) is 55.1 Å². The molecule has 112 valence electrons. The number of aromatic nitrogens is 2. The Morgan fingerprint density at radius 3 is 2.48 bits per heavy atom. The molecule has 4 nitrogen and oxygen atoms in total. The molecule has 0 saturated heterocycles. The van der Waals surface area contributed by atoms with Crippen LogP contribution in [0.2, 0.25) is 0 Å². The van der Waals surface area contributed by atoms with Crippen molar-refractivity contribution in [2.45, 2.75) is 39.5 Å². The number of benzene rings is 1. The largest absolute Gasteiger partial charge is 0.478 e. The highest BCUT2D eigenvalue weighted by Crippen LogP contribution is 2.23. The van der Waals surface area contributed by atoms with Gasteiger partial charge in [0.15, 0.2) is 0 Å². The maximum atomic E-state index is 14.0. The van der Waals surface area contributed by atoms with E-state index in [0.717, 1.165) is 12.8 Å². The summed E-state index contributed by atoms with van der Waals surface area (Å²) in [6, 6.07) is 6.29. The minimum Gasteiger partial charge on any atom is -0.478 e. The van der Waals surface area contributed by atoms with Gasteiger partial charge in [-0.1, -0.05) is 38.8 Å².